The molecule has 0 bridgehead atoms. The van der Waals surface area contributed by atoms with Crippen molar-refractivity contribution in [2.45, 2.75) is 51.2 Å². The lowest BCUT2D eigenvalue weighted by Gasteiger charge is -2.21. The number of carbonyl (C=O) groups excluding carboxylic acids is 1. The molecule has 0 amide bonds. The summed E-state index contributed by atoms with van der Waals surface area (Å²) in [6, 6.07) is 8.14. The molecular formula is C24H31FN3O9P. The molecule has 208 valence electrons. The fourth-order valence-electron chi connectivity index (χ4n) is 3.57. The van der Waals surface area contributed by atoms with Crippen LogP contribution in [0.3, 0.4) is 0 Å². The van der Waals surface area contributed by atoms with E-state index in [0.29, 0.717) is 6.42 Å². The van der Waals surface area contributed by atoms with Crippen molar-refractivity contribution in [1.29, 1.82) is 0 Å². The molecule has 12 nitrogen and oxygen atoms in total. The second kappa shape index (κ2) is 13.6. The van der Waals surface area contributed by atoms with E-state index in [0.717, 1.165) is 29.2 Å². The molecule has 1 aliphatic rings. The second-order valence-corrected chi connectivity index (χ2v) is 10.3. The standard InChI is InChI=1S/C24H31FN3O9P/c1-3-4-12-34-23(31)16(2)26-15-38(33,37-17-8-6-5-7-9-17)35-14-19-18(13-25)21(30)22(36-19)28-11-10-20(29)27-24(28)32/h5-11,15-16,18-19,21-22,30H,3-4,12-14H2,1-2H3,(H,27,29,32)/b26-15+/t16-,18+,19+,21+,22+,38?/m0/s1. The fourth-order valence-corrected chi connectivity index (χ4v) is 4.87. The number of halogens is 1. The van der Waals surface area contributed by atoms with Crippen LogP contribution >= 0.6 is 7.60 Å². The molecule has 1 fully saturated rings. The van der Waals surface area contributed by atoms with Gasteiger partial charge in [0.25, 0.3) is 5.56 Å². The number of nitrogens with one attached hydrogen (secondary N) is 1. The summed E-state index contributed by atoms with van der Waals surface area (Å²) in [6.45, 7) is 2.09. The van der Waals surface area contributed by atoms with E-state index in [4.69, 9.17) is 18.5 Å². The summed E-state index contributed by atoms with van der Waals surface area (Å²) in [5.74, 6) is -0.693. The normalized spacial score (nSPS) is 23.7. The molecule has 3 rings (SSSR count). The van der Waals surface area contributed by atoms with E-state index in [1.165, 1.54) is 19.1 Å². The van der Waals surface area contributed by atoms with Gasteiger partial charge in [0.1, 0.15) is 23.9 Å². The van der Waals surface area contributed by atoms with Gasteiger partial charge in [0.05, 0.1) is 26.0 Å². The van der Waals surface area contributed by atoms with E-state index in [9.17, 15) is 28.4 Å². The van der Waals surface area contributed by atoms with Crippen LogP contribution in [0, 0.1) is 5.92 Å². The Morgan fingerprint density at radius 3 is 2.71 bits per heavy atom. The molecule has 2 heterocycles. The number of aromatic amines is 1. The van der Waals surface area contributed by atoms with Crippen molar-refractivity contribution in [3.05, 3.63) is 63.4 Å². The van der Waals surface area contributed by atoms with Crippen molar-refractivity contribution in [1.82, 2.24) is 9.55 Å². The Morgan fingerprint density at radius 1 is 1.32 bits per heavy atom. The number of aliphatic imine (C=N–C) groups is 1. The number of nitrogens with zero attached hydrogens (tertiary/aromatic N) is 2. The van der Waals surface area contributed by atoms with Gasteiger partial charge < -0.3 is 19.1 Å². The van der Waals surface area contributed by atoms with Gasteiger partial charge in [0, 0.05) is 18.2 Å². The smallest absolute Gasteiger partial charge is 0.421 e. The minimum Gasteiger partial charge on any atom is -0.464 e. The average molecular weight is 555 g/mol. The van der Waals surface area contributed by atoms with Crippen LogP contribution in [-0.2, 0) is 23.4 Å². The van der Waals surface area contributed by atoms with Gasteiger partial charge in [-0.15, -0.1) is 0 Å². The molecule has 1 aromatic carbocycles. The number of alkyl halides is 1. The lowest BCUT2D eigenvalue weighted by molar-refractivity contribution is -0.144. The van der Waals surface area contributed by atoms with Crippen LogP contribution < -0.4 is 15.8 Å². The number of ether oxygens (including phenoxy) is 2. The number of aliphatic hydroxyl groups is 1. The van der Waals surface area contributed by atoms with E-state index < -0.39 is 68.5 Å². The van der Waals surface area contributed by atoms with Gasteiger partial charge in [0.15, 0.2) is 6.23 Å². The van der Waals surface area contributed by atoms with Crippen LogP contribution in [0.25, 0.3) is 0 Å². The minimum absolute atomic E-state index is 0.188. The van der Waals surface area contributed by atoms with Gasteiger partial charge in [0.2, 0.25) is 0 Å². The quantitative estimate of drug-likeness (QED) is 0.164. The van der Waals surface area contributed by atoms with Crippen LogP contribution in [0.2, 0.25) is 0 Å². The van der Waals surface area contributed by atoms with Crippen LogP contribution in [0.5, 0.6) is 5.75 Å². The molecule has 1 unspecified atom stereocenters. The molecular weight excluding hydrogens is 524 g/mol. The van der Waals surface area contributed by atoms with Crippen LogP contribution in [0.15, 0.2) is 57.2 Å². The number of rotatable bonds is 13. The first-order valence-electron chi connectivity index (χ1n) is 12.1. The number of para-hydroxylation sites is 1. The highest BCUT2D eigenvalue weighted by Crippen LogP contribution is 2.47. The highest BCUT2D eigenvalue weighted by molar-refractivity contribution is 7.70. The zero-order chi connectivity index (χ0) is 27.7. The number of esters is 1. The Morgan fingerprint density at radius 2 is 2.05 bits per heavy atom. The maximum absolute atomic E-state index is 13.9. The number of aliphatic hydroxyl groups excluding tert-OH is 1. The van der Waals surface area contributed by atoms with E-state index in [2.05, 4.69) is 4.99 Å². The average Bonchev–Trinajstić information content (AvgIpc) is 3.21. The van der Waals surface area contributed by atoms with Crippen molar-refractivity contribution >= 4 is 19.5 Å². The Balaban J connectivity index is 1.77. The van der Waals surface area contributed by atoms with Crippen LogP contribution in [0.4, 0.5) is 4.39 Å². The molecule has 1 aromatic heterocycles. The first-order chi connectivity index (χ1) is 18.2. The van der Waals surface area contributed by atoms with Gasteiger partial charge in [-0.2, -0.15) is 0 Å². The zero-order valence-corrected chi connectivity index (χ0v) is 21.9. The summed E-state index contributed by atoms with van der Waals surface area (Å²) in [5.41, 5.74) is -1.51. The predicted octanol–water partition coefficient (Wildman–Crippen LogP) is 2.43. The number of H-pyrrole nitrogens is 1. The van der Waals surface area contributed by atoms with Crippen molar-refractivity contribution in [3.8, 4) is 5.75 Å². The minimum atomic E-state index is -4.18. The number of benzene rings is 1. The van der Waals surface area contributed by atoms with Gasteiger partial charge in [-0.3, -0.25) is 28.3 Å². The van der Waals surface area contributed by atoms with Crippen molar-refractivity contribution in [2.75, 3.05) is 19.9 Å². The van der Waals surface area contributed by atoms with Gasteiger partial charge in [-0.05, 0) is 25.5 Å². The molecule has 0 radical (unpaired) electrons. The monoisotopic (exact) mass is 555 g/mol. The molecule has 2 aromatic rings. The third-order valence-electron chi connectivity index (χ3n) is 5.74. The molecule has 1 aliphatic heterocycles. The fraction of sp³-hybridized carbons (Fsp3) is 0.500. The lowest BCUT2D eigenvalue weighted by Crippen LogP contribution is -2.36. The van der Waals surface area contributed by atoms with Crippen LogP contribution in [0.1, 0.15) is 32.9 Å². The highest BCUT2D eigenvalue weighted by atomic mass is 31.2. The largest absolute Gasteiger partial charge is 0.464 e. The Hall–Kier alpha value is -3.12. The third kappa shape index (κ3) is 7.70. The predicted molar refractivity (Wildman–Crippen MR) is 135 cm³/mol. The summed E-state index contributed by atoms with van der Waals surface area (Å²) in [7, 11) is -4.18. The summed E-state index contributed by atoms with van der Waals surface area (Å²) in [6.07, 6.45) is -1.29. The summed E-state index contributed by atoms with van der Waals surface area (Å²) >= 11 is 0. The van der Waals surface area contributed by atoms with Crippen molar-refractivity contribution in [3.63, 3.8) is 0 Å². The highest BCUT2D eigenvalue weighted by Gasteiger charge is 2.46. The number of aromatic nitrogens is 2. The first-order valence-corrected chi connectivity index (χ1v) is 13.7. The van der Waals surface area contributed by atoms with E-state index in [1.807, 2.05) is 11.9 Å². The lowest BCUT2D eigenvalue weighted by atomic mass is 10.00. The summed E-state index contributed by atoms with van der Waals surface area (Å²) in [4.78, 5) is 41.7. The van der Waals surface area contributed by atoms with E-state index in [-0.39, 0.29) is 12.4 Å². The van der Waals surface area contributed by atoms with E-state index >= 15 is 0 Å². The summed E-state index contributed by atoms with van der Waals surface area (Å²) in [5, 5.41) is 10.6. The van der Waals surface area contributed by atoms with Crippen LogP contribution in [-0.4, -0.2) is 64.7 Å². The van der Waals surface area contributed by atoms with Gasteiger partial charge in [-0.1, -0.05) is 31.5 Å². The molecule has 0 saturated carbocycles. The van der Waals surface area contributed by atoms with Gasteiger partial charge >= 0.3 is 19.3 Å². The Kier molecular flexibility index (Phi) is 10.5. The van der Waals surface area contributed by atoms with Crippen molar-refractivity contribution in [2.24, 2.45) is 10.9 Å². The second-order valence-electron chi connectivity index (χ2n) is 8.59. The zero-order valence-electron chi connectivity index (χ0n) is 21.0. The SMILES string of the molecule is CCCCOC(=O)[C@H](C)/N=C/P(=O)(OC[C@H]1O[C@@H](n2ccc(=O)[nH]c2=O)[C@H](O)[C@@H]1CF)Oc1ccccc1. The Labute approximate surface area is 217 Å². The van der Waals surface area contributed by atoms with Gasteiger partial charge in [-0.25, -0.2) is 14.2 Å². The number of carbonyl (C=O) groups is 1. The number of hydrogen-bond donors (Lipinski definition) is 2. The van der Waals surface area contributed by atoms with Crippen molar-refractivity contribution < 1.29 is 37.4 Å². The molecule has 1 saturated heterocycles. The van der Waals surface area contributed by atoms with E-state index in [1.54, 1.807) is 18.2 Å². The summed E-state index contributed by atoms with van der Waals surface area (Å²) < 4.78 is 50.3. The Bertz CT molecular complexity index is 1250. The molecule has 38 heavy (non-hydrogen) atoms. The number of hydrogen-bond acceptors (Lipinski definition) is 10. The third-order valence-corrected chi connectivity index (χ3v) is 7.13. The molecule has 0 spiro atoms. The maximum atomic E-state index is 13.9. The molecule has 0 aliphatic carbocycles. The molecule has 6 atom stereocenters. The molecule has 2 N–H and O–H groups in total. The maximum Gasteiger partial charge on any atom is 0.421 e. The first kappa shape index (κ1) is 29.4. The number of unbranched alkanes of at least 4 members (excludes halogenated alkanes) is 1. The molecule has 14 heteroatoms. The topological polar surface area (TPSA) is 159 Å².